The Morgan fingerprint density at radius 2 is 2.12 bits per heavy atom. The van der Waals surface area contributed by atoms with Crippen LogP contribution >= 0.6 is 0 Å². The zero-order valence-corrected chi connectivity index (χ0v) is 11.5. The third-order valence-electron chi connectivity index (χ3n) is 3.65. The van der Waals surface area contributed by atoms with Crippen LogP contribution in [0.2, 0.25) is 0 Å². The third-order valence-corrected chi connectivity index (χ3v) is 5.40. The molecule has 3 unspecified atom stereocenters. The van der Waals surface area contributed by atoms with E-state index in [1.54, 1.807) is 7.05 Å². The molecule has 1 fully saturated rings. The second-order valence-electron chi connectivity index (χ2n) is 4.92. The van der Waals surface area contributed by atoms with Gasteiger partial charge < -0.3 is 10.6 Å². The Kier molecular flexibility index (Phi) is 4.55. The molecule has 2 N–H and O–H groups in total. The van der Waals surface area contributed by atoms with E-state index in [4.69, 9.17) is 5.73 Å². The summed E-state index contributed by atoms with van der Waals surface area (Å²) in [6, 6.07) is -0.740. The third kappa shape index (κ3) is 3.42. The monoisotopic (exact) mass is 262 g/mol. The number of carbonyl (C=O) groups excluding carboxylic acids is 1. The van der Waals surface area contributed by atoms with Gasteiger partial charge in [-0.05, 0) is 12.3 Å². The fourth-order valence-electron chi connectivity index (χ4n) is 1.99. The molecule has 5 nitrogen and oxygen atoms in total. The van der Waals surface area contributed by atoms with Crippen LogP contribution in [0, 0.1) is 5.92 Å². The molecular weight excluding hydrogens is 240 g/mol. The number of nitrogens with two attached hydrogens (primary N) is 1. The number of carbonyl (C=O) groups is 1. The minimum Gasteiger partial charge on any atom is -0.340 e. The first-order valence-electron chi connectivity index (χ1n) is 6.01. The highest BCUT2D eigenvalue weighted by Gasteiger charge is 2.34. The van der Waals surface area contributed by atoms with Crippen LogP contribution in [0.5, 0.6) is 0 Å². The van der Waals surface area contributed by atoms with Gasteiger partial charge in [0.1, 0.15) is 0 Å². The minimum absolute atomic E-state index is 0.0719. The molecule has 1 aliphatic heterocycles. The highest BCUT2D eigenvalue weighted by atomic mass is 32.2. The van der Waals surface area contributed by atoms with Gasteiger partial charge in [-0.2, -0.15) is 0 Å². The van der Waals surface area contributed by atoms with Gasteiger partial charge in [-0.1, -0.05) is 20.3 Å². The normalized spacial score (nSPS) is 26.5. The topological polar surface area (TPSA) is 80.5 Å². The van der Waals surface area contributed by atoms with Crippen LogP contribution in [0.15, 0.2) is 0 Å². The van der Waals surface area contributed by atoms with Crippen LogP contribution < -0.4 is 5.73 Å². The van der Waals surface area contributed by atoms with E-state index in [1.165, 1.54) is 4.90 Å². The molecule has 0 radical (unpaired) electrons. The average molecular weight is 262 g/mol. The van der Waals surface area contributed by atoms with Gasteiger partial charge >= 0.3 is 0 Å². The lowest BCUT2D eigenvalue weighted by Gasteiger charge is -2.28. The molecule has 0 aromatic heterocycles. The van der Waals surface area contributed by atoms with Gasteiger partial charge in [-0.15, -0.1) is 0 Å². The molecule has 1 amide bonds. The van der Waals surface area contributed by atoms with Crippen molar-refractivity contribution < 1.29 is 13.2 Å². The molecule has 0 bridgehead atoms. The molecular formula is C11H22N2O3S. The lowest BCUT2D eigenvalue weighted by Crippen LogP contribution is -2.49. The zero-order valence-electron chi connectivity index (χ0n) is 10.7. The predicted octanol–water partition coefficient (Wildman–Crippen LogP) is 0.00530. The lowest BCUT2D eigenvalue weighted by molar-refractivity contribution is -0.134. The van der Waals surface area contributed by atoms with Gasteiger partial charge in [-0.3, -0.25) is 4.79 Å². The van der Waals surface area contributed by atoms with Crippen molar-refractivity contribution in [2.45, 2.75) is 38.8 Å². The Morgan fingerprint density at radius 1 is 1.53 bits per heavy atom. The molecule has 0 aromatic carbocycles. The molecule has 100 valence electrons. The highest BCUT2D eigenvalue weighted by molar-refractivity contribution is 7.91. The van der Waals surface area contributed by atoms with Crippen LogP contribution in [0.3, 0.4) is 0 Å². The summed E-state index contributed by atoms with van der Waals surface area (Å²) in [5, 5.41) is 0. The Bertz CT molecular complexity index is 380. The summed E-state index contributed by atoms with van der Waals surface area (Å²) in [7, 11) is -1.31. The Hall–Kier alpha value is -0.620. The van der Waals surface area contributed by atoms with E-state index in [1.807, 2.05) is 13.8 Å². The van der Waals surface area contributed by atoms with E-state index < -0.39 is 15.9 Å². The SMILES string of the molecule is CCC(C)C(N)C(=O)N(C)C1CCS(=O)(=O)C1. The first kappa shape index (κ1) is 14.4. The molecule has 0 saturated carbocycles. The standard InChI is InChI=1S/C11H22N2O3S/c1-4-8(2)10(12)11(14)13(3)9-5-6-17(15,16)7-9/h8-10H,4-7,12H2,1-3H3. The largest absolute Gasteiger partial charge is 0.340 e. The van der Waals surface area contributed by atoms with Crippen LogP contribution in [0.25, 0.3) is 0 Å². The number of hydrogen-bond donors (Lipinski definition) is 1. The van der Waals surface area contributed by atoms with Gasteiger partial charge in [-0.25, -0.2) is 8.42 Å². The summed E-state index contributed by atoms with van der Waals surface area (Å²) in [5.41, 5.74) is 5.87. The molecule has 6 heteroatoms. The van der Waals surface area contributed by atoms with Crippen LogP contribution in [-0.2, 0) is 14.6 Å². The van der Waals surface area contributed by atoms with Crippen molar-refractivity contribution in [3.63, 3.8) is 0 Å². The number of nitrogens with zero attached hydrogens (tertiary/aromatic N) is 1. The van der Waals surface area contributed by atoms with E-state index in [9.17, 15) is 13.2 Å². The number of amides is 1. The Balaban J connectivity index is 2.65. The first-order valence-corrected chi connectivity index (χ1v) is 7.83. The van der Waals surface area contributed by atoms with Gasteiger partial charge in [0.05, 0.1) is 17.5 Å². The maximum Gasteiger partial charge on any atom is 0.239 e. The molecule has 1 aliphatic rings. The second kappa shape index (κ2) is 5.35. The fraction of sp³-hybridized carbons (Fsp3) is 0.909. The van der Waals surface area contributed by atoms with Gasteiger partial charge in [0.25, 0.3) is 0 Å². The summed E-state index contributed by atoms with van der Waals surface area (Å²) in [5.74, 6) is 0.209. The quantitative estimate of drug-likeness (QED) is 0.773. The smallest absolute Gasteiger partial charge is 0.239 e. The van der Waals surface area contributed by atoms with Crippen molar-refractivity contribution >= 4 is 15.7 Å². The summed E-state index contributed by atoms with van der Waals surface area (Å²) >= 11 is 0. The van der Waals surface area contributed by atoms with E-state index >= 15 is 0 Å². The maximum atomic E-state index is 12.0. The Morgan fingerprint density at radius 3 is 2.53 bits per heavy atom. The summed E-state index contributed by atoms with van der Waals surface area (Å²) < 4.78 is 22.7. The summed E-state index contributed by atoms with van der Waals surface area (Å²) in [4.78, 5) is 13.6. The van der Waals surface area contributed by atoms with Crippen molar-refractivity contribution in [3.8, 4) is 0 Å². The molecule has 0 aromatic rings. The molecule has 1 rings (SSSR count). The van der Waals surface area contributed by atoms with Crippen LogP contribution in [-0.4, -0.2) is 49.9 Å². The summed E-state index contributed by atoms with van der Waals surface area (Å²) in [6.07, 6.45) is 1.36. The molecule has 3 atom stereocenters. The van der Waals surface area contributed by atoms with Crippen LogP contribution in [0.1, 0.15) is 26.7 Å². The minimum atomic E-state index is -2.96. The first-order chi connectivity index (χ1) is 7.78. The van der Waals surface area contributed by atoms with Gasteiger partial charge in [0.15, 0.2) is 9.84 Å². The number of rotatable bonds is 4. The molecule has 1 heterocycles. The van der Waals surface area contributed by atoms with Gasteiger partial charge in [0, 0.05) is 13.1 Å². The molecule has 0 aliphatic carbocycles. The number of sulfone groups is 1. The summed E-state index contributed by atoms with van der Waals surface area (Å²) in [6.45, 7) is 3.92. The van der Waals surface area contributed by atoms with Crippen molar-refractivity contribution in [2.24, 2.45) is 11.7 Å². The molecule has 1 saturated heterocycles. The lowest BCUT2D eigenvalue weighted by atomic mass is 9.98. The fourth-order valence-corrected chi connectivity index (χ4v) is 3.77. The van der Waals surface area contributed by atoms with Crippen molar-refractivity contribution in [3.05, 3.63) is 0 Å². The van der Waals surface area contributed by atoms with Crippen molar-refractivity contribution in [2.75, 3.05) is 18.6 Å². The predicted molar refractivity (Wildman–Crippen MR) is 67.3 cm³/mol. The molecule has 17 heavy (non-hydrogen) atoms. The van der Waals surface area contributed by atoms with Crippen LogP contribution in [0.4, 0.5) is 0 Å². The maximum absolute atomic E-state index is 12.0. The van der Waals surface area contributed by atoms with E-state index in [0.717, 1.165) is 6.42 Å². The number of hydrogen-bond acceptors (Lipinski definition) is 4. The van der Waals surface area contributed by atoms with E-state index in [0.29, 0.717) is 6.42 Å². The van der Waals surface area contributed by atoms with Crippen molar-refractivity contribution in [1.82, 2.24) is 4.90 Å². The average Bonchev–Trinajstić information content (AvgIpc) is 2.65. The Labute approximate surface area is 103 Å². The highest BCUT2D eigenvalue weighted by Crippen LogP contribution is 2.18. The van der Waals surface area contributed by atoms with Gasteiger partial charge in [0.2, 0.25) is 5.91 Å². The molecule has 0 spiro atoms. The van der Waals surface area contributed by atoms with E-state index in [-0.39, 0.29) is 29.4 Å². The van der Waals surface area contributed by atoms with Crippen molar-refractivity contribution in [1.29, 1.82) is 0 Å². The van der Waals surface area contributed by atoms with E-state index in [2.05, 4.69) is 0 Å². The number of likely N-dealkylation sites (N-methyl/N-ethyl adjacent to an activating group) is 1. The zero-order chi connectivity index (χ0) is 13.2. The second-order valence-corrected chi connectivity index (χ2v) is 7.15.